The van der Waals surface area contributed by atoms with E-state index in [0.717, 1.165) is 0 Å². The maximum Gasteiger partial charge on any atom is 0.264 e. The summed E-state index contributed by atoms with van der Waals surface area (Å²) in [4.78, 5) is 20.3. The van der Waals surface area contributed by atoms with Gasteiger partial charge in [0, 0.05) is 17.1 Å². The van der Waals surface area contributed by atoms with Crippen molar-refractivity contribution in [2.24, 2.45) is 0 Å². The van der Waals surface area contributed by atoms with Crippen LogP contribution in [0.25, 0.3) is 0 Å². The summed E-state index contributed by atoms with van der Waals surface area (Å²) in [7, 11) is -3.84. The molecule has 0 saturated heterocycles. The highest BCUT2D eigenvalue weighted by atomic mass is 32.2. The number of hydrogen-bond acceptors (Lipinski definition) is 6. The predicted molar refractivity (Wildman–Crippen MR) is 114 cm³/mol. The first kappa shape index (κ1) is 21.3. The molecule has 0 saturated carbocycles. The first-order valence-corrected chi connectivity index (χ1v) is 10.7. The molecule has 2 N–H and O–H groups in total. The number of nitrogens with one attached hydrogen (secondary N) is 2. The topological polar surface area (TPSA) is 110 Å². The number of anilines is 2. The van der Waals surface area contributed by atoms with Crippen LogP contribution in [-0.2, 0) is 14.8 Å². The van der Waals surface area contributed by atoms with Crippen LogP contribution in [0.3, 0.4) is 0 Å². The van der Waals surface area contributed by atoms with E-state index in [0.29, 0.717) is 22.8 Å². The second kappa shape index (κ2) is 9.36. The average Bonchev–Trinajstić information content (AvgIpc) is 2.68. The Morgan fingerprint density at radius 2 is 1.60 bits per heavy atom. The Hall–Kier alpha value is -3.46. The Labute approximate surface area is 175 Å². The van der Waals surface area contributed by atoms with Gasteiger partial charge in [-0.1, -0.05) is 18.2 Å². The number of carbonyl (C=O) groups excluding carboxylic acids is 1. The maximum absolute atomic E-state index is 12.5. The Balaban J connectivity index is 1.56. The second-order valence-electron chi connectivity index (χ2n) is 6.56. The van der Waals surface area contributed by atoms with Gasteiger partial charge in [-0.25, -0.2) is 23.1 Å². The van der Waals surface area contributed by atoms with Gasteiger partial charge in [-0.3, -0.25) is 4.79 Å². The van der Waals surface area contributed by atoms with Crippen LogP contribution in [0.2, 0.25) is 0 Å². The van der Waals surface area contributed by atoms with Crippen LogP contribution >= 0.6 is 0 Å². The van der Waals surface area contributed by atoms with Gasteiger partial charge in [0.2, 0.25) is 11.9 Å². The highest BCUT2D eigenvalue weighted by Gasteiger charge is 2.16. The molecule has 9 heteroatoms. The Kier molecular flexibility index (Phi) is 6.63. The van der Waals surface area contributed by atoms with Crippen molar-refractivity contribution >= 4 is 27.6 Å². The summed E-state index contributed by atoms with van der Waals surface area (Å²) < 4.78 is 32.9. The number of rotatable bonds is 8. The van der Waals surface area contributed by atoms with Gasteiger partial charge in [0.25, 0.3) is 10.0 Å². The van der Waals surface area contributed by atoms with Crippen LogP contribution in [0, 0.1) is 13.8 Å². The second-order valence-corrected chi connectivity index (χ2v) is 8.25. The number of ether oxygens (including phenoxy) is 1. The van der Waals surface area contributed by atoms with Crippen molar-refractivity contribution in [2.75, 3.05) is 16.6 Å². The lowest BCUT2D eigenvalue weighted by Crippen LogP contribution is -2.17. The number of hydrogen-bond donors (Lipinski definition) is 2. The minimum Gasteiger partial charge on any atom is -0.493 e. The van der Waals surface area contributed by atoms with E-state index in [9.17, 15) is 13.2 Å². The molecule has 156 valence electrons. The van der Waals surface area contributed by atoms with E-state index in [1.165, 1.54) is 24.3 Å². The third-order valence-corrected chi connectivity index (χ3v) is 5.34. The molecule has 30 heavy (non-hydrogen) atoms. The molecule has 1 heterocycles. The SMILES string of the molecule is Cc1cc(C)nc(NS(=O)(=O)c2ccc(NC(=O)CCOc3ccccc3)cc2)n1. The fraction of sp³-hybridized carbons (Fsp3) is 0.190. The lowest BCUT2D eigenvalue weighted by Gasteiger charge is -2.10. The molecular weight excluding hydrogens is 404 g/mol. The van der Waals surface area contributed by atoms with E-state index in [1.807, 2.05) is 30.3 Å². The molecule has 3 rings (SSSR count). The summed E-state index contributed by atoms with van der Waals surface area (Å²) in [5, 5.41) is 2.71. The van der Waals surface area contributed by atoms with Crippen molar-refractivity contribution in [1.29, 1.82) is 0 Å². The van der Waals surface area contributed by atoms with Gasteiger partial charge in [-0.15, -0.1) is 0 Å². The number of aryl methyl sites for hydroxylation is 2. The Bertz CT molecular complexity index is 1100. The molecule has 8 nitrogen and oxygen atoms in total. The molecule has 0 aliphatic carbocycles. The van der Waals surface area contributed by atoms with Crippen molar-refractivity contribution in [3.63, 3.8) is 0 Å². The van der Waals surface area contributed by atoms with Crippen molar-refractivity contribution in [3.05, 3.63) is 72.1 Å². The van der Waals surface area contributed by atoms with E-state index in [4.69, 9.17) is 4.74 Å². The Morgan fingerprint density at radius 1 is 0.967 bits per heavy atom. The van der Waals surface area contributed by atoms with Gasteiger partial charge in [-0.2, -0.15) is 0 Å². The van der Waals surface area contributed by atoms with Crippen molar-refractivity contribution < 1.29 is 17.9 Å². The molecule has 0 aliphatic rings. The van der Waals surface area contributed by atoms with E-state index in [-0.39, 0.29) is 29.8 Å². The Morgan fingerprint density at radius 3 is 2.23 bits per heavy atom. The zero-order valence-electron chi connectivity index (χ0n) is 16.6. The molecular formula is C21H22N4O4S. The van der Waals surface area contributed by atoms with Gasteiger partial charge in [0.15, 0.2) is 0 Å². The fourth-order valence-electron chi connectivity index (χ4n) is 2.67. The summed E-state index contributed by atoms with van der Waals surface area (Å²) in [5.74, 6) is 0.478. The predicted octanol–water partition coefficient (Wildman–Crippen LogP) is 3.30. The molecule has 0 aliphatic heterocycles. The van der Waals surface area contributed by atoms with E-state index in [2.05, 4.69) is 20.0 Å². The number of amides is 1. The van der Waals surface area contributed by atoms with Crippen LogP contribution in [-0.4, -0.2) is 30.9 Å². The number of benzene rings is 2. The quantitative estimate of drug-likeness (QED) is 0.572. The molecule has 0 atom stereocenters. The normalized spacial score (nSPS) is 11.0. The first-order valence-electron chi connectivity index (χ1n) is 9.25. The largest absolute Gasteiger partial charge is 0.493 e. The summed E-state index contributed by atoms with van der Waals surface area (Å²) in [6, 6.07) is 16.8. The van der Waals surface area contributed by atoms with Crippen molar-refractivity contribution in [3.8, 4) is 5.75 Å². The summed E-state index contributed by atoms with van der Waals surface area (Å²) in [6.07, 6.45) is 0.167. The smallest absolute Gasteiger partial charge is 0.264 e. The third-order valence-electron chi connectivity index (χ3n) is 4.00. The fourth-order valence-corrected chi connectivity index (χ4v) is 3.61. The van der Waals surface area contributed by atoms with Crippen molar-refractivity contribution in [2.45, 2.75) is 25.2 Å². The first-order chi connectivity index (χ1) is 14.3. The zero-order chi connectivity index (χ0) is 21.6. The molecule has 0 bridgehead atoms. The van der Waals surface area contributed by atoms with Gasteiger partial charge in [-0.05, 0) is 56.3 Å². The lowest BCUT2D eigenvalue weighted by atomic mass is 10.3. The lowest BCUT2D eigenvalue weighted by molar-refractivity contribution is -0.116. The molecule has 2 aromatic carbocycles. The molecule has 1 aromatic heterocycles. The number of aromatic nitrogens is 2. The van der Waals surface area contributed by atoms with E-state index in [1.54, 1.807) is 19.9 Å². The maximum atomic E-state index is 12.5. The molecule has 3 aromatic rings. The standard InChI is InChI=1S/C21H22N4O4S/c1-15-14-16(2)23-21(22-15)25-30(27,28)19-10-8-17(9-11-19)24-20(26)12-13-29-18-6-4-3-5-7-18/h3-11,14H,12-13H2,1-2H3,(H,24,26)(H,22,23,25). The van der Waals surface area contributed by atoms with Gasteiger partial charge in [0.1, 0.15) is 5.75 Å². The van der Waals surface area contributed by atoms with Crippen LogP contribution in [0.5, 0.6) is 5.75 Å². The van der Waals surface area contributed by atoms with Crippen LogP contribution in [0.15, 0.2) is 65.6 Å². The summed E-state index contributed by atoms with van der Waals surface area (Å²) in [6.45, 7) is 3.76. The van der Waals surface area contributed by atoms with Crippen LogP contribution in [0.4, 0.5) is 11.6 Å². The van der Waals surface area contributed by atoms with E-state index < -0.39 is 10.0 Å². The van der Waals surface area contributed by atoms with Crippen molar-refractivity contribution in [1.82, 2.24) is 9.97 Å². The molecule has 1 amide bonds. The van der Waals surface area contributed by atoms with Gasteiger partial charge < -0.3 is 10.1 Å². The molecule has 0 radical (unpaired) electrons. The molecule has 0 unspecified atom stereocenters. The summed E-state index contributed by atoms with van der Waals surface area (Å²) in [5.41, 5.74) is 1.81. The highest BCUT2D eigenvalue weighted by Crippen LogP contribution is 2.17. The molecule has 0 fully saturated rings. The number of nitrogens with zero attached hydrogens (tertiary/aromatic N) is 2. The minimum atomic E-state index is -3.84. The summed E-state index contributed by atoms with van der Waals surface area (Å²) >= 11 is 0. The number of para-hydroxylation sites is 1. The van der Waals surface area contributed by atoms with Crippen LogP contribution in [0.1, 0.15) is 17.8 Å². The average molecular weight is 426 g/mol. The number of carbonyl (C=O) groups is 1. The highest BCUT2D eigenvalue weighted by molar-refractivity contribution is 7.92. The third kappa shape index (κ3) is 6.02. The number of sulfonamides is 1. The van der Waals surface area contributed by atoms with E-state index >= 15 is 0 Å². The van der Waals surface area contributed by atoms with Gasteiger partial charge >= 0.3 is 0 Å². The monoisotopic (exact) mass is 426 g/mol. The molecule has 0 spiro atoms. The van der Waals surface area contributed by atoms with Crippen LogP contribution < -0.4 is 14.8 Å². The minimum absolute atomic E-state index is 0.0169. The van der Waals surface area contributed by atoms with Gasteiger partial charge in [0.05, 0.1) is 17.9 Å². The zero-order valence-corrected chi connectivity index (χ0v) is 17.4.